The first-order valence-electron chi connectivity index (χ1n) is 6.44. The summed E-state index contributed by atoms with van der Waals surface area (Å²) >= 11 is 1.84. The van der Waals surface area contributed by atoms with Crippen molar-refractivity contribution >= 4 is 17.2 Å². The second-order valence-electron chi connectivity index (χ2n) is 4.33. The number of hydrogen-bond acceptors (Lipinski definition) is 5. The number of methoxy groups -OCH3 is 1. The molecular weight excluding hydrogens is 262 g/mol. The van der Waals surface area contributed by atoms with Crippen LogP contribution < -0.4 is 5.73 Å². The van der Waals surface area contributed by atoms with E-state index in [0.29, 0.717) is 13.0 Å². The van der Waals surface area contributed by atoms with E-state index in [2.05, 4.69) is 29.1 Å². The molecule has 0 amide bonds. The highest BCUT2D eigenvalue weighted by atomic mass is 32.1. The van der Waals surface area contributed by atoms with Crippen LogP contribution in [-0.4, -0.2) is 42.7 Å². The van der Waals surface area contributed by atoms with Gasteiger partial charge in [-0.25, -0.2) is 0 Å². The molecule has 108 valence electrons. The molecule has 19 heavy (non-hydrogen) atoms. The molecule has 3 N–H and O–H groups in total. The minimum Gasteiger partial charge on any atom is -0.409 e. The number of nitrogens with two attached hydrogens (primary N) is 1. The van der Waals surface area contributed by atoms with Crippen LogP contribution in [0.3, 0.4) is 0 Å². The SMILES string of the molecule is CCc1ccc(CN(CCOC)CCC(N)=NO)s1. The topological polar surface area (TPSA) is 71.1 Å². The number of nitrogens with zero attached hydrogens (tertiary/aromatic N) is 2. The van der Waals surface area contributed by atoms with Gasteiger partial charge in [-0.2, -0.15) is 0 Å². The second kappa shape index (κ2) is 8.90. The number of hydrogen-bond donors (Lipinski definition) is 2. The van der Waals surface area contributed by atoms with Crippen LogP contribution in [0.1, 0.15) is 23.1 Å². The minimum atomic E-state index is 0.267. The summed E-state index contributed by atoms with van der Waals surface area (Å²) in [6.07, 6.45) is 1.64. The first-order chi connectivity index (χ1) is 9.19. The van der Waals surface area contributed by atoms with Crippen LogP contribution >= 0.6 is 11.3 Å². The zero-order valence-corrected chi connectivity index (χ0v) is 12.4. The smallest absolute Gasteiger partial charge is 0.140 e. The van der Waals surface area contributed by atoms with Gasteiger partial charge in [-0.3, -0.25) is 4.90 Å². The van der Waals surface area contributed by atoms with E-state index in [-0.39, 0.29) is 5.84 Å². The molecule has 0 atom stereocenters. The lowest BCUT2D eigenvalue weighted by atomic mass is 10.3. The van der Waals surface area contributed by atoms with Crippen LogP contribution in [0.25, 0.3) is 0 Å². The van der Waals surface area contributed by atoms with Crippen molar-refractivity contribution in [2.45, 2.75) is 26.3 Å². The normalized spacial score (nSPS) is 12.3. The number of amidine groups is 1. The van der Waals surface area contributed by atoms with Crippen LogP contribution in [-0.2, 0) is 17.7 Å². The molecule has 1 aromatic heterocycles. The first kappa shape index (κ1) is 15.9. The van der Waals surface area contributed by atoms with Crippen LogP contribution in [0.5, 0.6) is 0 Å². The van der Waals surface area contributed by atoms with E-state index in [1.54, 1.807) is 7.11 Å². The van der Waals surface area contributed by atoms with Crippen LogP contribution in [0.15, 0.2) is 17.3 Å². The van der Waals surface area contributed by atoms with Crippen molar-refractivity contribution in [2.75, 3.05) is 26.8 Å². The number of rotatable bonds is 9. The van der Waals surface area contributed by atoms with Gasteiger partial charge in [0.2, 0.25) is 0 Å². The monoisotopic (exact) mass is 285 g/mol. The third-order valence-corrected chi connectivity index (χ3v) is 4.08. The summed E-state index contributed by atoms with van der Waals surface area (Å²) in [5.74, 6) is 0.267. The molecule has 0 saturated carbocycles. The highest BCUT2D eigenvalue weighted by Gasteiger charge is 2.09. The van der Waals surface area contributed by atoms with Gasteiger partial charge in [0.05, 0.1) is 6.61 Å². The van der Waals surface area contributed by atoms with Gasteiger partial charge in [0, 0.05) is 42.9 Å². The fraction of sp³-hybridized carbons (Fsp3) is 0.615. The van der Waals surface area contributed by atoms with Crippen molar-refractivity contribution in [2.24, 2.45) is 10.9 Å². The van der Waals surface area contributed by atoms with Crippen LogP contribution in [0.2, 0.25) is 0 Å². The van der Waals surface area contributed by atoms with Gasteiger partial charge in [-0.15, -0.1) is 11.3 Å². The number of thiophene rings is 1. The molecule has 0 spiro atoms. The molecule has 6 heteroatoms. The molecule has 0 aliphatic rings. The largest absolute Gasteiger partial charge is 0.409 e. The van der Waals surface area contributed by atoms with E-state index in [0.717, 1.165) is 26.1 Å². The highest BCUT2D eigenvalue weighted by molar-refractivity contribution is 7.11. The Morgan fingerprint density at radius 1 is 1.42 bits per heavy atom. The lowest BCUT2D eigenvalue weighted by molar-refractivity contribution is 0.146. The predicted octanol–water partition coefficient (Wildman–Crippen LogP) is 1.90. The van der Waals surface area contributed by atoms with Gasteiger partial charge >= 0.3 is 0 Å². The van der Waals surface area contributed by atoms with E-state index >= 15 is 0 Å². The van der Waals surface area contributed by atoms with E-state index in [9.17, 15) is 0 Å². The van der Waals surface area contributed by atoms with Gasteiger partial charge in [0.25, 0.3) is 0 Å². The lowest BCUT2D eigenvalue weighted by Gasteiger charge is -2.20. The molecule has 5 nitrogen and oxygen atoms in total. The molecule has 0 aliphatic heterocycles. The van der Waals surface area contributed by atoms with E-state index in [4.69, 9.17) is 15.7 Å². The number of aryl methyl sites for hydroxylation is 1. The first-order valence-corrected chi connectivity index (χ1v) is 7.26. The summed E-state index contributed by atoms with van der Waals surface area (Å²) in [7, 11) is 1.70. The van der Waals surface area contributed by atoms with Crippen LogP contribution in [0, 0.1) is 0 Å². The molecule has 0 radical (unpaired) electrons. The summed E-state index contributed by atoms with van der Waals surface area (Å²) < 4.78 is 5.12. The Bertz CT molecular complexity index is 393. The summed E-state index contributed by atoms with van der Waals surface area (Å²) in [4.78, 5) is 5.00. The average molecular weight is 285 g/mol. The van der Waals surface area contributed by atoms with Crippen LogP contribution in [0.4, 0.5) is 0 Å². The van der Waals surface area contributed by atoms with Crippen molar-refractivity contribution in [3.8, 4) is 0 Å². The van der Waals surface area contributed by atoms with Gasteiger partial charge in [-0.1, -0.05) is 12.1 Å². The maximum Gasteiger partial charge on any atom is 0.140 e. The molecule has 0 fully saturated rings. The van der Waals surface area contributed by atoms with Crippen molar-refractivity contribution in [1.29, 1.82) is 0 Å². The Labute approximate surface area is 118 Å². The molecule has 0 aliphatic carbocycles. The fourth-order valence-electron chi connectivity index (χ4n) is 1.73. The maximum atomic E-state index is 8.57. The van der Waals surface area contributed by atoms with Crippen molar-refractivity contribution in [1.82, 2.24) is 4.90 Å². The van der Waals surface area contributed by atoms with E-state index < -0.39 is 0 Å². The maximum absolute atomic E-state index is 8.57. The summed E-state index contributed by atoms with van der Waals surface area (Å²) in [6.45, 7) is 5.33. The fourth-order valence-corrected chi connectivity index (χ4v) is 2.73. The molecule has 1 aromatic rings. The molecule has 1 rings (SSSR count). The van der Waals surface area contributed by atoms with Gasteiger partial charge in [0.1, 0.15) is 5.84 Å². The minimum absolute atomic E-state index is 0.267. The highest BCUT2D eigenvalue weighted by Crippen LogP contribution is 2.18. The quantitative estimate of drug-likeness (QED) is 0.315. The Balaban J connectivity index is 2.52. The molecule has 1 heterocycles. The Kier molecular flexibility index (Phi) is 7.47. The Hall–Kier alpha value is -1.11. The van der Waals surface area contributed by atoms with Crippen molar-refractivity contribution in [3.05, 3.63) is 21.9 Å². The summed E-state index contributed by atoms with van der Waals surface area (Å²) in [5.41, 5.74) is 5.51. The van der Waals surface area contributed by atoms with E-state index in [1.165, 1.54) is 9.75 Å². The third kappa shape index (κ3) is 6.04. The zero-order valence-electron chi connectivity index (χ0n) is 11.6. The molecular formula is C13H23N3O2S. The summed E-state index contributed by atoms with van der Waals surface area (Å²) in [5, 5.41) is 11.6. The van der Waals surface area contributed by atoms with Crippen molar-refractivity contribution in [3.63, 3.8) is 0 Å². The molecule has 0 saturated heterocycles. The standard InChI is InChI=1S/C13H23N3O2S/c1-3-11-4-5-12(19-11)10-16(8-9-18-2)7-6-13(14)15-17/h4-5,17H,3,6-10H2,1-2H3,(H2,14,15). The van der Waals surface area contributed by atoms with E-state index in [1.807, 2.05) is 11.3 Å². The summed E-state index contributed by atoms with van der Waals surface area (Å²) in [6, 6.07) is 4.35. The van der Waals surface area contributed by atoms with Gasteiger partial charge in [0.15, 0.2) is 0 Å². The predicted molar refractivity (Wildman–Crippen MR) is 78.9 cm³/mol. The molecule has 0 bridgehead atoms. The zero-order chi connectivity index (χ0) is 14.1. The number of oxime groups is 1. The second-order valence-corrected chi connectivity index (χ2v) is 5.58. The Morgan fingerprint density at radius 3 is 2.74 bits per heavy atom. The lowest BCUT2D eigenvalue weighted by Crippen LogP contribution is -2.30. The Morgan fingerprint density at radius 2 is 2.16 bits per heavy atom. The third-order valence-electron chi connectivity index (χ3n) is 2.87. The van der Waals surface area contributed by atoms with Crippen molar-refractivity contribution < 1.29 is 9.94 Å². The molecule has 0 unspecified atom stereocenters. The van der Waals surface area contributed by atoms with Gasteiger partial charge < -0.3 is 15.7 Å². The average Bonchev–Trinajstić information content (AvgIpc) is 2.89. The number of ether oxygens (including phenoxy) is 1. The molecule has 0 aromatic carbocycles. The van der Waals surface area contributed by atoms with Gasteiger partial charge in [-0.05, 0) is 18.6 Å².